The lowest BCUT2D eigenvalue weighted by Gasteiger charge is -2.10. The molecule has 1 aromatic rings. The molecule has 74 valence electrons. The molecule has 5 heteroatoms. The molecule has 4 nitrogen and oxygen atoms in total. The van der Waals surface area contributed by atoms with Gasteiger partial charge in [0.15, 0.2) is 0 Å². The van der Waals surface area contributed by atoms with E-state index in [1.807, 2.05) is 0 Å². The SMILES string of the molecule is O=C(CCl)Nc1ccccc1C(=O)[O-]. The number of amides is 1. The Morgan fingerprint density at radius 1 is 1.36 bits per heavy atom. The molecular formula is C9H7ClNO3-. The van der Waals surface area contributed by atoms with Crippen LogP contribution in [-0.4, -0.2) is 17.8 Å². The van der Waals surface area contributed by atoms with Crippen molar-refractivity contribution in [1.29, 1.82) is 0 Å². The number of carboxylic acids is 1. The summed E-state index contributed by atoms with van der Waals surface area (Å²) < 4.78 is 0. The first kappa shape index (κ1) is 10.5. The second-order valence-corrected chi connectivity index (χ2v) is 2.78. The first-order valence-corrected chi connectivity index (χ1v) is 4.35. The number of halogens is 1. The normalized spacial score (nSPS) is 9.50. The van der Waals surface area contributed by atoms with Gasteiger partial charge in [-0.1, -0.05) is 18.2 Å². The maximum atomic E-state index is 10.9. The third kappa shape index (κ3) is 2.47. The molecule has 1 N–H and O–H groups in total. The molecule has 0 atom stereocenters. The number of rotatable bonds is 3. The van der Waals surface area contributed by atoms with E-state index < -0.39 is 11.9 Å². The zero-order valence-electron chi connectivity index (χ0n) is 7.12. The van der Waals surface area contributed by atoms with E-state index in [1.54, 1.807) is 12.1 Å². The molecule has 1 amide bonds. The van der Waals surface area contributed by atoms with Crippen LogP contribution < -0.4 is 10.4 Å². The number of benzene rings is 1. The van der Waals surface area contributed by atoms with Crippen molar-refractivity contribution < 1.29 is 14.7 Å². The van der Waals surface area contributed by atoms with Crippen molar-refractivity contribution in [2.75, 3.05) is 11.2 Å². The summed E-state index contributed by atoms with van der Waals surface area (Å²) in [5, 5.41) is 12.9. The van der Waals surface area contributed by atoms with Gasteiger partial charge in [0.05, 0.1) is 5.97 Å². The number of carbonyl (C=O) groups is 2. The molecule has 14 heavy (non-hydrogen) atoms. The molecular weight excluding hydrogens is 206 g/mol. The van der Waals surface area contributed by atoms with Gasteiger partial charge in [0.1, 0.15) is 5.88 Å². The van der Waals surface area contributed by atoms with Gasteiger partial charge in [-0.3, -0.25) is 4.79 Å². The van der Waals surface area contributed by atoms with Crippen LogP contribution in [0.4, 0.5) is 5.69 Å². The summed E-state index contributed by atoms with van der Waals surface area (Å²) in [6, 6.07) is 5.96. The van der Waals surface area contributed by atoms with E-state index in [0.717, 1.165) is 0 Å². The monoisotopic (exact) mass is 212 g/mol. The average Bonchev–Trinajstić information content (AvgIpc) is 2.18. The highest BCUT2D eigenvalue weighted by Gasteiger charge is 2.05. The van der Waals surface area contributed by atoms with Gasteiger partial charge in [-0.2, -0.15) is 0 Å². The molecule has 0 aliphatic carbocycles. The van der Waals surface area contributed by atoms with Gasteiger partial charge in [-0.15, -0.1) is 11.6 Å². The Morgan fingerprint density at radius 2 is 2.00 bits per heavy atom. The summed E-state index contributed by atoms with van der Waals surface area (Å²) in [5.41, 5.74) is 0.129. The Balaban J connectivity index is 2.95. The second kappa shape index (κ2) is 4.62. The number of alkyl halides is 1. The summed E-state index contributed by atoms with van der Waals surface area (Å²) in [5.74, 6) is -2.02. The van der Waals surface area contributed by atoms with Gasteiger partial charge in [0.25, 0.3) is 0 Å². The van der Waals surface area contributed by atoms with Gasteiger partial charge in [0.2, 0.25) is 5.91 Å². The van der Waals surface area contributed by atoms with Crippen LogP contribution in [0.15, 0.2) is 24.3 Å². The Hall–Kier alpha value is -1.55. The Bertz CT molecular complexity index is 365. The van der Waals surface area contributed by atoms with E-state index in [2.05, 4.69) is 5.32 Å². The molecule has 1 aromatic carbocycles. The molecule has 0 unspecified atom stereocenters. The van der Waals surface area contributed by atoms with Crippen molar-refractivity contribution in [3.63, 3.8) is 0 Å². The first-order valence-electron chi connectivity index (χ1n) is 3.81. The van der Waals surface area contributed by atoms with E-state index in [4.69, 9.17) is 11.6 Å². The Labute approximate surface area is 85.5 Å². The summed E-state index contributed by atoms with van der Waals surface area (Å²) in [7, 11) is 0. The molecule has 0 radical (unpaired) electrons. The summed E-state index contributed by atoms with van der Waals surface area (Å²) in [4.78, 5) is 21.5. The average molecular weight is 213 g/mol. The van der Waals surface area contributed by atoms with Crippen LogP contribution in [0.2, 0.25) is 0 Å². The minimum absolute atomic E-state index is 0.0639. The molecule has 0 saturated heterocycles. The topological polar surface area (TPSA) is 69.2 Å². The smallest absolute Gasteiger partial charge is 0.239 e. The van der Waals surface area contributed by atoms with Crippen LogP contribution in [-0.2, 0) is 4.79 Å². The summed E-state index contributed by atoms with van der Waals surface area (Å²) in [6.45, 7) is 0. The number of hydrogen-bond donors (Lipinski definition) is 1. The molecule has 0 fully saturated rings. The number of anilines is 1. The highest BCUT2D eigenvalue weighted by atomic mass is 35.5. The molecule has 1 rings (SSSR count). The lowest BCUT2D eigenvalue weighted by molar-refractivity contribution is -0.254. The minimum atomic E-state index is -1.34. The van der Waals surface area contributed by atoms with E-state index >= 15 is 0 Å². The van der Waals surface area contributed by atoms with Gasteiger partial charge in [-0.05, 0) is 6.07 Å². The quantitative estimate of drug-likeness (QED) is 0.729. The number of para-hydroxylation sites is 1. The van der Waals surface area contributed by atoms with E-state index in [1.165, 1.54) is 12.1 Å². The third-order valence-corrected chi connectivity index (χ3v) is 1.79. The van der Waals surface area contributed by atoms with Gasteiger partial charge >= 0.3 is 0 Å². The molecule has 0 bridgehead atoms. The Kier molecular flexibility index (Phi) is 3.48. The van der Waals surface area contributed by atoms with E-state index in [0.29, 0.717) is 0 Å². The molecule has 0 aromatic heterocycles. The highest BCUT2D eigenvalue weighted by molar-refractivity contribution is 6.29. The maximum absolute atomic E-state index is 10.9. The molecule has 0 aliphatic heterocycles. The predicted molar refractivity (Wildman–Crippen MR) is 50.1 cm³/mol. The van der Waals surface area contributed by atoms with Gasteiger partial charge in [-0.25, -0.2) is 0 Å². The number of nitrogens with one attached hydrogen (secondary N) is 1. The third-order valence-electron chi connectivity index (χ3n) is 1.54. The van der Waals surface area contributed by atoms with Gasteiger partial charge < -0.3 is 15.2 Å². The maximum Gasteiger partial charge on any atom is 0.239 e. The molecule has 0 heterocycles. The molecule has 0 aliphatic rings. The Morgan fingerprint density at radius 3 is 2.57 bits per heavy atom. The molecule has 0 saturated carbocycles. The van der Waals surface area contributed by atoms with Crippen LogP contribution in [0.3, 0.4) is 0 Å². The largest absolute Gasteiger partial charge is 0.545 e. The van der Waals surface area contributed by atoms with Crippen LogP contribution in [0.25, 0.3) is 0 Å². The lowest BCUT2D eigenvalue weighted by Crippen LogP contribution is -2.25. The van der Waals surface area contributed by atoms with Crippen molar-refractivity contribution in [2.45, 2.75) is 0 Å². The van der Waals surface area contributed by atoms with Crippen molar-refractivity contribution in [3.8, 4) is 0 Å². The van der Waals surface area contributed by atoms with E-state index in [-0.39, 0.29) is 17.1 Å². The van der Waals surface area contributed by atoms with Crippen molar-refractivity contribution >= 4 is 29.2 Å². The van der Waals surface area contributed by atoms with Crippen LogP contribution >= 0.6 is 11.6 Å². The number of carbonyl (C=O) groups excluding carboxylic acids is 2. The van der Waals surface area contributed by atoms with Crippen molar-refractivity contribution in [3.05, 3.63) is 29.8 Å². The highest BCUT2D eigenvalue weighted by Crippen LogP contribution is 2.13. The zero-order chi connectivity index (χ0) is 10.6. The predicted octanol–water partition coefficient (Wildman–Crippen LogP) is 0.227. The second-order valence-electron chi connectivity index (χ2n) is 2.51. The summed E-state index contributed by atoms with van der Waals surface area (Å²) in [6.07, 6.45) is 0. The number of carboxylic acid groups (broad SMARTS) is 1. The van der Waals surface area contributed by atoms with Crippen LogP contribution in [0, 0.1) is 0 Å². The van der Waals surface area contributed by atoms with Crippen LogP contribution in [0.1, 0.15) is 10.4 Å². The first-order chi connectivity index (χ1) is 6.65. The summed E-state index contributed by atoms with van der Waals surface area (Å²) >= 11 is 5.26. The fourth-order valence-electron chi connectivity index (χ4n) is 0.954. The minimum Gasteiger partial charge on any atom is -0.545 e. The van der Waals surface area contributed by atoms with Crippen LogP contribution in [0.5, 0.6) is 0 Å². The number of hydrogen-bond acceptors (Lipinski definition) is 3. The fourth-order valence-corrected chi connectivity index (χ4v) is 1.02. The van der Waals surface area contributed by atoms with E-state index in [9.17, 15) is 14.7 Å². The standard InChI is InChI=1S/C9H8ClNO3/c10-5-8(12)11-7-4-2-1-3-6(7)9(13)14/h1-4H,5H2,(H,11,12)(H,13,14)/p-1. The molecule has 0 spiro atoms. The number of aromatic carboxylic acids is 1. The van der Waals surface area contributed by atoms with Gasteiger partial charge in [0, 0.05) is 11.3 Å². The zero-order valence-corrected chi connectivity index (χ0v) is 7.88. The lowest BCUT2D eigenvalue weighted by atomic mass is 10.2. The van der Waals surface area contributed by atoms with Crippen molar-refractivity contribution in [2.24, 2.45) is 0 Å². The fraction of sp³-hybridized carbons (Fsp3) is 0.111. The van der Waals surface area contributed by atoms with Crippen molar-refractivity contribution in [1.82, 2.24) is 0 Å².